The first-order chi connectivity index (χ1) is 15.8. The standard InChI is InChI=1S/C25H30FN3O2S2/c1-18-13-25(33(30,31)16-21-15-32-17-27-21)23(26)14-24(18)28(3)22-9-11-29(12-10-22)19(2)20-7-5-4-6-8-20/h4-8,13-15,17,19,22H,9-12,16H2,1-3H3/t19-/m1/s1. The van der Waals surface area contributed by atoms with Gasteiger partial charge in [-0.05, 0) is 49.9 Å². The highest BCUT2D eigenvalue weighted by molar-refractivity contribution is 7.90. The molecule has 0 saturated carbocycles. The van der Waals surface area contributed by atoms with Gasteiger partial charge >= 0.3 is 0 Å². The Morgan fingerprint density at radius 1 is 1.21 bits per heavy atom. The SMILES string of the molecule is Cc1cc(S(=O)(=O)Cc2cscn2)c(F)cc1N(C)C1CCN([C@H](C)c2ccccc2)CC1. The number of halogens is 1. The summed E-state index contributed by atoms with van der Waals surface area (Å²) in [7, 11) is -1.82. The number of thiazole rings is 1. The van der Waals surface area contributed by atoms with E-state index in [-0.39, 0.29) is 16.7 Å². The summed E-state index contributed by atoms with van der Waals surface area (Å²) >= 11 is 1.33. The lowest BCUT2D eigenvalue weighted by Crippen LogP contribution is -2.44. The van der Waals surface area contributed by atoms with Gasteiger partial charge in [0.1, 0.15) is 10.7 Å². The lowest BCUT2D eigenvalue weighted by atomic mass is 9.98. The number of hydrogen-bond donors (Lipinski definition) is 0. The van der Waals surface area contributed by atoms with E-state index in [9.17, 15) is 8.42 Å². The number of hydrogen-bond acceptors (Lipinski definition) is 6. The Balaban J connectivity index is 1.46. The molecule has 1 fully saturated rings. The maximum atomic E-state index is 15.0. The number of rotatable bonds is 7. The molecule has 0 aliphatic carbocycles. The van der Waals surface area contributed by atoms with Crippen molar-refractivity contribution >= 4 is 26.9 Å². The molecule has 33 heavy (non-hydrogen) atoms. The van der Waals surface area contributed by atoms with Gasteiger partial charge in [-0.25, -0.2) is 17.8 Å². The van der Waals surface area contributed by atoms with Crippen molar-refractivity contribution in [1.29, 1.82) is 0 Å². The molecule has 1 saturated heterocycles. The largest absolute Gasteiger partial charge is 0.371 e. The minimum atomic E-state index is -3.80. The second kappa shape index (κ2) is 9.91. The van der Waals surface area contributed by atoms with Crippen LogP contribution in [0.15, 0.2) is 58.3 Å². The first kappa shape index (κ1) is 23.9. The van der Waals surface area contributed by atoms with E-state index in [2.05, 4.69) is 46.0 Å². The number of benzene rings is 2. The number of piperidine rings is 1. The van der Waals surface area contributed by atoms with Crippen molar-refractivity contribution in [2.24, 2.45) is 0 Å². The predicted molar refractivity (Wildman–Crippen MR) is 132 cm³/mol. The van der Waals surface area contributed by atoms with Crippen LogP contribution in [0, 0.1) is 12.7 Å². The van der Waals surface area contributed by atoms with Gasteiger partial charge in [-0.3, -0.25) is 4.90 Å². The molecule has 0 bridgehead atoms. The van der Waals surface area contributed by atoms with Crippen molar-refractivity contribution in [3.05, 3.63) is 76.0 Å². The minimum Gasteiger partial charge on any atom is -0.371 e. The third-order valence-corrected chi connectivity index (χ3v) is 8.96. The van der Waals surface area contributed by atoms with Crippen LogP contribution in [0.3, 0.4) is 0 Å². The van der Waals surface area contributed by atoms with Crippen molar-refractivity contribution < 1.29 is 12.8 Å². The van der Waals surface area contributed by atoms with Crippen molar-refractivity contribution in [3.63, 3.8) is 0 Å². The van der Waals surface area contributed by atoms with Crippen LogP contribution < -0.4 is 4.90 Å². The highest BCUT2D eigenvalue weighted by atomic mass is 32.2. The molecule has 1 aliphatic heterocycles. The van der Waals surface area contributed by atoms with E-state index < -0.39 is 15.7 Å². The van der Waals surface area contributed by atoms with Gasteiger partial charge in [-0.15, -0.1) is 11.3 Å². The monoisotopic (exact) mass is 487 g/mol. The summed E-state index contributed by atoms with van der Waals surface area (Å²) in [5.74, 6) is -0.993. The first-order valence-electron chi connectivity index (χ1n) is 11.2. The molecule has 4 rings (SSSR count). The van der Waals surface area contributed by atoms with E-state index in [4.69, 9.17) is 0 Å². The summed E-state index contributed by atoms with van der Waals surface area (Å²) in [6.07, 6.45) is 1.94. The molecule has 0 radical (unpaired) electrons. The molecule has 1 aliphatic rings. The number of nitrogens with zero attached hydrogens (tertiary/aromatic N) is 3. The molecular weight excluding hydrogens is 457 g/mol. The van der Waals surface area contributed by atoms with Crippen LogP contribution in [0.25, 0.3) is 0 Å². The Morgan fingerprint density at radius 3 is 2.55 bits per heavy atom. The summed E-state index contributed by atoms with van der Waals surface area (Å²) in [6, 6.07) is 14.0. The summed E-state index contributed by atoms with van der Waals surface area (Å²) in [5.41, 5.74) is 4.84. The van der Waals surface area contributed by atoms with Crippen molar-refractivity contribution in [2.45, 2.75) is 49.4 Å². The minimum absolute atomic E-state index is 0.253. The van der Waals surface area contributed by atoms with E-state index in [0.717, 1.165) is 37.2 Å². The van der Waals surface area contributed by atoms with Gasteiger partial charge in [0.15, 0.2) is 9.84 Å². The normalized spacial score (nSPS) is 16.6. The second-order valence-electron chi connectivity index (χ2n) is 8.77. The van der Waals surface area contributed by atoms with Crippen LogP contribution >= 0.6 is 11.3 Å². The Bertz CT molecular complexity index is 1180. The molecule has 5 nitrogen and oxygen atoms in total. The van der Waals surface area contributed by atoms with Crippen molar-refractivity contribution in [3.8, 4) is 0 Å². The number of anilines is 1. The number of aryl methyl sites for hydroxylation is 1. The molecule has 0 amide bonds. The van der Waals surface area contributed by atoms with E-state index in [1.165, 1.54) is 29.0 Å². The molecule has 3 aromatic rings. The number of aromatic nitrogens is 1. The van der Waals surface area contributed by atoms with Crippen LogP contribution in [0.1, 0.15) is 42.6 Å². The smallest absolute Gasteiger partial charge is 0.187 e. The fraction of sp³-hybridized carbons (Fsp3) is 0.400. The van der Waals surface area contributed by atoms with Crippen LogP contribution in [-0.2, 0) is 15.6 Å². The lowest BCUT2D eigenvalue weighted by Gasteiger charge is -2.40. The molecule has 1 atom stereocenters. The predicted octanol–water partition coefficient (Wildman–Crippen LogP) is 5.23. The summed E-state index contributed by atoms with van der Waals surface area (Å²) < 4.78 is 40.6. The Kier molecular flexibility index (Phi) is 7.16. The van der Waals surface area contributed by atoms with Crippen molar-refractivity contribution in [1.82, 2.24) is 9.88 Å². The molecule has 1 aromatic heterocycles. The van der Waals surface area contributed by atoms with Crippen LogP contribution in [0.5, 0.6) is 0 Å². The second-order valence-corrected chi connectivity index (χ2v) is 11.4. The van der Waals surface area contributed by atoms with Gasteiger partial charge < -0.3 is 4.90 Å². The van der Waals surface area contributed by atoms with E-state index in [1.807, 2.05) is 20.0 Å². The highest BCUT2D eigenvalue weighted by Crippen LogP contribution is 2.32. The lowest BCUT2D eigenvalue weighted by molar-refractivity contribution is 0.162. The molecular formula is C25H30FN3O2S2. The Labute approximate surface area is 199 Å². The van der Waals surface area contributed by atoms with Gasteiger partial charge in [0.25, 0.3) is 0 Å². The molecule has 2 aromatic carbocycles. The average Bonchev–Trinajstić information content (AvgIpc) is 3.32. The molecule has 176 valence electrons. The molecule has 8 heteroatoms. The fourth-order valence-corrected chi connectivity index (χ4v) is 6.72. The van der Waals surface area contributed by atoms with Crippen molar-refractivity contribution in [2.75, 3.05) is 25.0 Å². The van der Waals surface area contributed by atoms with Gasteiger partial charge in [-0.2, -0.15) is 0 Å². The molecule has 2 heterocycles. The zero-order valence-corrected chi connectivity index (χ0v) is 20.9. The third-order valence-electron chi connectivity index (χ3n) is 6.66. The number of sulfone groups is 1. The Morgan fingerprint density at radius 2 is 1.91 bits per heavy atom. The third kappa shape index (κ3) is 5.28. The van der Waals surface area contributed by atoms with E-state index in [0.29, 0.717) is 11.7 Å². The number of likely N-dealkylation sites (tertiary alicyclic amines) is 1. The first-order valence-corrected chi connectivity index (χ1v) is 13.8. The summed E-state index contributed by atoms with van der Waals surface area (Å²) in [6.45, 7) is 6.02. The average molecular weight is 488 g/mol. The van der Waals surface area contributed by atoms with Crippen LogP contribution in [0.2, 0.25) is 0 Å². The zero-order valence-electron chi connectivity index (χ0n) is 19.2. The van der Waals surface area contributed by atoms with Gasteiger partial charge in [0, 0.05) is 43.3 Å². The maximum Gasteiger partial charge on any atom is 0.187 e. The maximum absolute atomic E-state index is 15.0. The van der Waals surface area contributed by atoms with Gasteiger partial charge in [0.2, 0.25) is 0 Å². The molecule has 0 spiro atoms. The quantitative estimate of drug-likeness (QED) is 0.457. The van der Waals surface area contributed by atoms with E-state index in [1.54, 1.807) is 10.9 Å². The van der Waals surface area contributed by atoms with Crippen LogP contribution in [-0.4, -0.2) is 44.5 Å². The molecule has 0 N–H and O–H groups in total. The van der Waals surface area contributed by atoms with Crippen LogP contribution in [0.4, 0.5) is 10.1 Å². The van der Waals surface area contributed by atoms with Gasteiger partial charge in [0.05, 0.1) is 17.0 Å². The summed E-state index contributed by atoms with van der Waals surface area (Å²) in [4.78, 5) is 8.37. The topological polar surface area (TPSA) is 53.5 Å². The van der Waals surface area contributed by atoms with E-state index >= 15 is 4.39 Å². The Hall–Kier alpha value is -2.29. The zero-order chi connectivity index (χ0) is 23.6. The fourth-order valence-electron chi connectivity index (χ4n) is 4.64. The molecule has 0 unspecified atom stereocenters. The van der Waals surface area contributed by atoms with Gasteiger partial charge in [-0.1, -0.05) is 30.3 Å². The summed E-state index contributed by atoms with van der Waals surface area (Å²) in [5, 5.41) is 1.68. The highest BCUT2D eigenvalue weighted by Gasteiger charge is 2.28.